The third-order valence-corrected chi connectivity index (χ3v) is 4.22. The molecule has 0 spiro atoms. The van der Waals surface area contributed by atoms with E-state index in [0.29, 0.717) is 23.3 Å². The van der Waals surface area contributed by atoms with E-state index < -0.39 is 0 Å². The number of para-hydroxylation sites is 1. The highest BCUT2D eigenvalue weighted by Gasteiger charge is 2.08. The van der Waals surface area contributed by atoms with E-state index in [4.69, 9.17) is 20.0 Å². The van der Waals surface area contributed by atoms with Gasteiger partial charge in [-0.3, -0.25) is 0 Å². The maximum Gasteiger partial charge on any atom is 0.232 e. The van der Waals surface area contributed by atoms with Gasteiger partial charge in [0, 0.05) is 11.3 Å². The Labute approximate surface area is 174 Å². The third kappa shape index (κ3) is 5.34. The molecule has 3 rings (SSSR count). The summed E-state index contributed by atoms with van der Waals surface area (Å²) in [7, 11) is 3.16. The molecule has 156 valence electrons. The van der Waals surface area contributed by atoms with Gasteiger partial charge in [0.05, 0.1) is 20.4 Å². The van der Waals surface area contributed by atoms with Crippen LogP contribution in [0.4, 0.5) is 17.6 Å². The fourth-order valence-corrected chi connectivity index (χ4v) is 2.76. The lowest BCUT2D eigenvalue weighted by Crippen LogP contribution is -2.08. The van der Waals surface area contributed by atoms with Crippen LogP contribution in [0.3, 0.4) is 0 Å². The van der Waals surface area contributed by atoms with Gasteiger partial charge in [0.25, 0.3) is 0 Å². The second-order valence-electron chi connectivity index (χ2n) is 6.19. The monoisotopic (exact) mass is 408 g/mol. The lowest BCUT2D eigenvalue weighted by atomic mass is 10.1. The Morgan fingerprint density at radius 1 is 1.03 bits per heavy atom. The van der Waals surface area contributed by atoms with Gasteiger partial charge in [-0.15, -0.1) is 0 Å². The Morgan fingerprint density at radius 2 is 1.83 bits per heavy atom. The number of benzene rings is 2. The van der Waals surface area contributed by atoms with Crippen molar-refractivity contribution in [2.75, 3.05) is 25.3 Å². The predicted octanol–water partition coefficient (Wildman–Crippen LogP) is 3.33. The van der Waals surface area contributed by atoms with E-state index in [1.165, 1.54) is 0 Å². The molecule has 0 unspecified atom stereocenters. The fourth-order valence-electron chi connectivity index (χ4n) is 2.76. The highest BCUT2D eigenvalue weighted by atomic mass is 16.6. The number of nitrogens with zero attached hydrogens (tertiary/aromatic N) is 4. The van der Waals surface area contributed by atoms with E-state index in [0.717, 1.165) is 23.2 Å². The van der Waals surface area contributed by atoms with E-state index in [1.54, 1.807) is 32.6 Å². The van der Waals surface area contributed by atoms with Crippen molar-refractivity contribution in [1.29, 1.82) is 0 Å². The van der Waals surface area contributed by atoms with Gasteiger partial charge < -0.3 is 25.4 Å². The number of aromatic nitrogens is 3. The summed E-state index contributed by atoms with van der Waals surface area (Å²) in [4.78, 5) is 17.9. The summed E-state index contributed by atoms with van der Waals surface area (Å²) < 4.78 is 10.5. The van der Waals surface area contributed by atoms with E-state index in [1.807, 2.05) is 30.3 Å². The van der Waals surface area contributed by atoms with Crippen LogP contribution in [-0.4, -0.2) is 35.4 Å². The number of nitrogens with two attached hydrogens (primary N) is 1. The zero-order chi connectivity index (χ0) is 21.3. The van der Waals surface area contributed by atoms with Crippen molar-refractivity contribution in [1.82, 2.24) is 15.0 Å². The fraction of sp³-hybridized carbons (Fsp3) is 0.238. The summed E-state index contributed by atoms with van der Waals surface area (Å²) in [5, 5.41) is 7.14. The van der Waals surface area contributed by atoms with Crippen LogP contribution < -0.4 is 20.5 Å². The van der Waals surface area contributed by atoms with Crippen molar-refractivity contribution in [3.05, 3.63) is 59.4 Å². The van der Waals surface area contributed by atoms with Gasteiger partial charge >= 0.3 is 0 Å². The first kappa shape index (κ1) is 20.8. The minimum absolute atomic E-state index is 0.0423. The van der Waals surface area contributed by atoms with Crippen molar-refractivity contribution in [2.45, 2.75) is 20.0 Å². The van der Waals surface area contributed by atoms with Crippen LogP contribution in [-0.2, 0) is 17.9 Å². The van der Waals surface area contributed by atoms with E-state index in [2.05, 4.69) is 32.3 Å². The molecule has 1 heterocycles. The molecule has 0 saturated carbocycles. The van der Waals surface area contributed by atoms with E-state index in [9.17, 15) is 0 Å². The summed E-state index contributed by atoms with van der Waals surface area (Å²) in [6.45, 7) is 2.12. The van der Waals surface area contributed by atoms with Crippen molar-refractivity contribution >= 4 is 23.8 Å². The van der Waals surface area contributed by atoms with E-state index >= 15 is 0 Å². The first-order chi connectivity index (χ1) is 14.6. The summed E-state index contributed by atoms with van der Waals surface area (Å²) >= 11 is 0. The van der Waals surface area contributed by atoms with Crippen molar-refractivity contribution in [3.63, 3.8) is 0 Å². The topological polar surface area (TPSA) is 117 Å². The molecule has 0 aliphatic carbocycles. The molecule has 0 atom stereocenters. The molecular formula is C21H24N6O3. The smallest absolute Gasteiger partial charge is 0.232 e. The number of ether oxygens (including phenoxy) is 2. The summed E-state index contributed by atoms with van der Waals surface area (Å²) in [5.74, 6) is 2.06. The molecule has 9 heteroatoms. The summed E-state index contributed by atoms with van der Waals surface area (Å²) in [5.41, 5.74) is 8.68. The number of aryl methyl sites for hydroxylation is 1. The first-order valence-corrected chi connectivity index (χ1v) is 9.35. The first-order valence-electron chi connectivity index (χ1n) is 9.35. The number of oxime groups is 1. The van der Waals surface area contributed by atoms with Crippen LogP contribution in [0, 0.1) is 0 Å². The quantitative estimate of drug-likeness (QED) is 0.409. The standard InChI is InChI=1S/C21H24N6O3/c1-4-15-7-5-6-8-16(15)24-21-26-19(25-20(22)27-21)13-30-23-12-14-9-10-17(28-2)18(11-14)29-3/h5-12H,4,13H2,1-3H3,(H3,22,24,25,26,27)/b23-12+. The maximum absolute atomic E-state index is 5.82. The Balaban J connectivity index is 1.65. The van der Waals surface area contributed by atoms with Gasteiger partial charge in [-0.25, -0.2) is 0 Å². The molecule has 3 aromatic rings. The van der Waals surface area contributed by atoms with E-state index in [-0.39, 0.29) is 12.6 Å². The van der Waals surface area contributed by atoms with Gasteiger partial charge in [0.1, 0.15) is 0 Å². The molecule has 1 aromatic heterocycles. The van der Waals surface area contributed by atoms with Gasteiger partial charge in [-0.05, 0) is 36.2 Å². The summed E-state index contributed by atoms with van der Waals surface area (Å²) in [6, 6.07) is 13.4. The average molecular weight is 408 g/mol. The van der Waals surface area contributed by atoms with Crippen LogP contribution >= 0.6 is 0 Å². The molecule has 0 radical (unpaired) electrons. The Bertz CT molecular complexity index is 1030. The molecule has 3 N–H and O–H groups in total. The van der Waals surface area contributed by atoms with Crippen LogP contribution in [0.5, 0.6) is 11.5 Å². The SMILES string of the molecule is CCc1ccccc1Nc1nc(N)nc(CO/N=C/c2ccc(OC)c(OC)c2)n1. The molecule has 9 nitrogen and oxygen atoms in total. The number of anilines is 3. The zero-order valence-electron chi connectivity index (χ0n) is 17.1. The maximum atomic E-state index is 5.82. The second kappa shape index (κ2) is 10.1. The third-order valence-electron chi connectivity index (χ3n) is 4.22. The summed E-state index contributed by atoms with van der Waals surface area (Å²) in [6.07, 6.45) is 2.44. The molecule has 0 saturated heterocycles. The lowest BCUT2D eigenvalue weighted by Gasteiger charge is -2.10. The predicted molar refractivity (Wildman–Crippen MR) is 115 cm³/mol. The number of methoxy groups -OCH3 is 2. The molecular weight excluding hydrogens is 384 g/mol. The number of rotatable bonds is 9. The van der Waals surface area contributed by atoms with Crippen LogP contribution in [0.25, 0.3) is 0 Å². The van der Waals surface area contributed by atoms with Crippen LogP contribution in [0.1, 0.15) is 23.9 Å². The molecule has 2 aromatic carbocycles. The van der Waals surface area contributed by atoms with Crippen molar-refractivity contribution in [3.8, 4) is 11.5 Å². The zero-order valence-corrected chi connectivity index (χ0v) is 17.1. The average Bonchev–Trinajstić information content (AvgIpc) is 2.76. The van der Waals surface area contributed by atoms with Crippen LogP contribution in [0.15, 0.2) is 47.6 Å². The number of nitrogen functional groups attached to an aromatic ring is 1. The molecule has 0 fully saturated rings. The Hall–Kier alpha value is -3.88. The van der Waals surface area contributed by atoms with Crippen LogP contribution in [0.2, 0.25) is 0 Å². The van der Waals surface area contributed by atoms with Crippen molar-refractivity contribution < 1.29 is 14.3 Å². The largest absolute Gasteiger partial charge is 0.493 e. The normalized spacial score (nSPS) is 10.8. The second-order valence-corrected chi connectivity index (χ2v) is 6.19. The Kier molecular flexibility index (Phi) is 6.99. The van der Waals surface area contributed by atoms with Gasteiger partial charge in [-0.2, -0.15) is 15.0 Å². The van der Waals surface area contributed by atoms with Gasteiger partial charge in [0.15, 0.2) is 23.9 Å². The Morgan fingerprint density at radius 3 is 2.60 bits per heavy atom. The molecule has 30 heavy (non-hydrogen) atoms. The van der Waals surface area contributed by atoms with Gasteiger partial charge in [0.2, 0.25) is 11.9 Å². The highest BCUT2D eigenvalue weighted by molar-refractivity contribution is 5.80. The molecule has 0 aliphatic rings. The molecule has 0 bridgehead atoms. The van der Waals surface area contributed by atoms with Crippen molar-refractivity contribution in [2.24, 2.45) is 5.16 Å². The van der Waals surface area contributed by atoms with Gasteiger partial charge in [-0.1, -0.05) is 30.3 Å². The number of hydrogen-bond acceptors (Lipinski definition) is 9. The highest BCUT2D eigenvalue weighted by Crippen LogP contribution is 2.27. The molecule has 0 aliphatic heterocycles. The lowest BCUT2D eigenvalue weighted by molar-refractivity contribution is 0.126. The number of hydrogen-bond donors (Lipinski definition) is 2. The minimum atomic E-state index is 0.0423. The minimum Gasteiger partial charge on any atom is -0.493 e. The number of nitrogens with one attached hydrogen (secondary N) is 1. The molecule has 0 amide bonds.